The number of carboxylic acids is 1. The molecule has 0 amide bonds. The summed E-state index contributed by atoms with van der Waals surface area (Å²) in [6.07, 6.45) is -1.10. The Kier molecular flexibility index (Phi) is 5.93. The molecule has 1 unspecified atom stereocenters. The van der Waals surface area contributed by atoms with Gasteiger partial charge in [-0.15, -0.1) is 5.01 Å². The summed E-state index contributed by atoms with van der Waals surface area (Å²) in [6, 6.07) is 8.22. The van der Waals surface area contributed by atoms with Crippen molar-refractivity contribution in [1.29, 1.82) is 0 Å². The van der Waals surface area contributed by atoms with Crippen LogP contribution >= 0.6 is 0 Å². The number of hydrogen-bond acceptors (Lipinski definition) is 6. The van der Waals surface area contributed by atoms with Gasteiger partial charge in [0.15, 0.2) is 6.54 Å². The van der Waals surface area contributed by atoms with Gasteiger partial charge in [0.05, 0.1) is 17.6 Å². The zero-order valence-electron chi connectivity index (χ0n) is 11.5. The lowest BCUT2D eigenvalue weighted by Gasteiger charge is -2.12. The highest BCUT2D eigenvalue weighted by atomic mass is 16.8. The second kappa shape index (κ2) is 7.68. The number of carbonyl (C=O) groups is 2. The summed E-state index contributed by atoms with van der Waals surface area (Å²) < 4.78 is 4.89. The molecular formula is C12H15N3O6. The van der Waals surface area contributed by atoms with Gasteiger partial charge in [-0.2, -0.15) is 0 Å². The molecule has 0 heterocycles. The van der Waals surface area contributed by atoms with Crippen LogP contribution in [0.3, 0.4) is 0 Å². The molecule has 1 rings (SSSR count). The highest BCUT2D eigenvalue weighted by Crippen LogP contribution is 2.05. The van der Waals surface area contributed by atoms with E-state index in [4.69, 9.17) is 9.84 Å². The van der Waals surface area contributed by atoms with Gasteiger partial charge >= 0.3 is 11.9 Å². The number of carbonyl (C=O) groups excluding carboxylic acids is 1. The molecule has 1 aromatic carbocycles. The maximum Gasteiger partial charge on any atom is 0.341 e. The highest BCUT2D eigenvalue weighted by Gasteiger charge is 2.15. The molecule has 9 nitrogen and oxygen atoms in total. The van der Waals surface area contributed by atoms with Crippen LogP contribution in [0.25, 0.3) is 0 Å². The third-order valence-electron chi connectivity index (χ3n) is 2.20. The summed E-state index contributed by atoms with van der Waals surface area (Å²) in [4.78, 5) is 26.7. The van der Waals surface area contributed by atoms with E-state index in [1.54, 1.807) is 30.3 Å². The lowest BCUT2D eigenvalue weighted by atomic mass is 10.2. The molecule has 114 valence electrons. The first-order valence-electron chi connectivity index (χ1n) is 5.93. The number of ether oxygens (including phenoxy) is 1. The normalized spacial score (nSPS) is 12.4. The number of hydrazine groups is 1. The van der Waals surface area contributed by atoms with Crippen molar-refractivity contribution in [2.75, 3.05) is 13.6 Å². The van der Waals surface area contributed by atoms with E-state index in [0.29, 0.717) is 5.56 Å². The molecule has 0 spiro atoms. The van der Waals surface area contributed by atoms with E-state index in [0.717, 1.165) is 5.01 Å². The standard InChI is InChI=1S/C12H15N3O6/c1-9(20-12(18)10-6-4-3-5-7-10)21-13-15(19)14(2)8-11(16)17/h3-7,9H,8H2,1-2H3,(H,16,17)/b15-13+. The average molecular weight is 297 g/mol. The number of esters is 1. The first kappa shape index (κ1) is 16.2. The maximum absolute atomic E-state index is 11.7. The number of benzene rings is 1. The van der Waals surface area contributed by atoms with E-state index in [9.17, 15) is 14.8 Å². The molecule has 0 saturated carbocycles. The van der Waals surface area contributed by atoms with Crippen molar-refractivity contribution in [2.45, 2.75) is 13.2 Å². The quantitative estimate of drug-likeness (QED) is 0.262. The van der Waals surface area contributed by atoms with Crippen LogP contribution in [0.1, 0.15) is 17.3 Å². The van der Waals surface area contributed by atoms with Crippen molar-refractivity contribution in [3.63, 3.8) is 0 Å². The second-order valence-corrected chi connectivity index (χ2v) is 3.99. The summed E-state index contributed by atoms with van der Waals surface area (Å²) in [6.45, 7) is 0.823. The number of rotatable bonds is 7. The summed E-state index contributed by atoms with van der Waals surface area (Å²) in [5.41, 5.74) is 0.329. The summed E-state index contributed by atoms with van der Waals surface area (Å²) in [5, 5.41) is 23.6. The molecule has 0 aliphatic rings. The fourth-order valence-electron chi connectivity index (χ4n) is 1.24. The molecule has 1 aromatic rings. The van der Waals surface area contributed by atoms with Crippen LogP contribution in [0.15, 0.2) is 35.6 Å². The van der Waals surface area contributed by atoms with Crippen LogP contribution in [-0.2, 0) is 14.4 Å². The van der Waals surface area contributed by atoms with Crippen LogP contribution in [0.5, 0.6) is 0 Å². The van der Waals surface area contributed by atoms with Gasteiger partial charge < -0.3 is 15.1 Å². The van der Waals surface area contributed by atoms with Gasteiger partial charge in [-0.3, -0.25) is 9.63 Å². The van der Waals surface area contributed by atoms with Crippen molar-refractivity contribution in [3.05, 3.63) is 41.1 Å². The summed E-state index contributed by atoms with van der Waals surface area (Å²) in [7, 11) is 1.22. The summed E-state index contributed by atoms with van der Waals surface area (Å²) >= 11 is 0. The molecule has 1 atom stereocenters. The number of nitrogens with zero attached hydrogens (tertiary/aromatic N) is 3. The van der Waals surface area contributed by atoms with E-state index < -0.39 is 24.8 Å². The third-order valence-corrected chi connectivity index (χ3v) is 2.20. The number of likely N-dealkylation sites (N-methyl/N-ethyl adjacent to an activating group) is 1. The Balaban J connectivity index is 2.48. The fraction of sp³-hybridized carbons (Fsp3) is 0.333. The smallest absolute Gasteiger partial charge is 0.341 e. The first-order chi connectivity index (χ1) is 9.90. The topological polar surface area (TPSA) is 114 Å². The highest BCUT2D eigenvalue weighted by molar-refractivity contribution is 5.89. The Morgan fingerprint density at radius 2 is 2.05 bits per heavy atom. The molecule has 1 N–H and O–H groups in total. The van der Waals surface area contributed by atoms with Gasteiger partial charge in [-0.05, 0) is 12.1 Å². The Bertz CT molecular complexity index is 519. The Labute approximate surface area is 120 Å². The van der Waals surface area contributed by atoms with Crippen LogP contribution < -0.4 is 0 Å². The lowest BCUT2D eigenvalue weighted by molar-refractivity contribution is -0.705. The predicted octanol–water partition coefficient (Wildman–Crippen LogP) is 1.01. The minimum Gasteiger partial charge on any atom is -0.569 e. The lowest BCUT2D eigenvalue weighted by Crippen LogP contribution is -2.32. The average Bonchev–Trinajstić information content (AvgIpc) is 2.44. The van der Waals surface area contributed by atoms with E-state index in [1.165, 1.54) is 14.0 Å². The minimum atomic E-state index is -1.20. The second-order valence-electron chi connectivity index (χ2n) is 3.99. The zero-order chi connectivity index (χ0) is 15.8. The first-order valence-corrected chi connectivity index (χ1v) is 5.93. The van der Waals surface area contributed by atoms with E-state index >= 15 is 0 Å². The predicted molar refractivity (Wildman–Crippen MR) is 68.7 cm³/mol. The van der Waals surface area contributed by atoms with E-state index in [-0.39, 0.29) is 4.97 Å². The Hall–Kier alpha value is -2.84. The van der Waals surface area contributed by atoms with Gasteiger partial charge in [0.25, 0.3) is 6.29 Å². The fourth-order valence-corrected chi connectivity index (χ4v) is 1.24. The molecule has 21 heavy (non-hydrogen) atoms. The van der Waals surface area contributed by atoms with Gasteiger partial charge in [0.2, 0.25) is 5.28 Å². The van der Waals surface area contributed by atoms with Crippen molar-refractivity contribution < 1.29 is 29.2 Å². The van der Waals surface area contributed by atoms with Crippen molar-refractivity contribution >= 4 is 11.9 Å². The molecule has 0 saturated heterocycles. The largest absolute Gasteiger partial charge is 0.569 e. The van der Waals surface area contributed by atoms with Gasteiger partial charge in [-0.25, -0.2) is 4.79 Å². The molecular weight excluding hydrogens is 282 g/mol. The third kappa shape index (κ3) is 5.76. The van der Waals surface area contributed by atoms with Gasteiger partial charge in [0, 0.05) is 6.92 Å². The van der Waals surface area contributed by atoms with E-state index in [1.807, 2.05) is 0 Å². The zero-order valence-corrected chi connectivity index (χ0v) is 11.5. The monoisotopic (exact) mass is 297 g/mol. The Morgan fingerprint density at radius 3 is 2.62 bits per heavy atom. The van der Waals surface area contributed by atoms with Crippen molar-refractivity contribution in [2.24, 2.45) is 5.28 Å². The van der Waals surface area contributed by atoms with Gasteiger partial charge in [-0.1, -0.05) is 18.2 Å². The van der Waals surface area contributed by atoms with Crippen LogP contribution in [0.4, 0.5) is 0 Å². The number of hydrogen-bond donors (Lipinski definition) is 1. The number of aliphatic carboxylic acids is 1. The molecule has 0 bridgehead atoms. The van der Waals surface area contributed by atoms with Gasteiger partial charge in [0.1, 0.15) is 0 Å². The molecule has 0 aliphatic carbocycles. The Morgan fingerprint density at radius 1 is 1.43 bits per heavy atom. The maximum atomic E-state index is 11.7. The molecule has 0 aromatic heterocycles. The SMILES string of the molecule is CC(O/N=[N+](/[O-])N(C)CC(=O)O)OC(=O)c1ccccc1. The van der Waals surface area contributed by atoms with Crippen molar-refractivity contribution in [1.82, 2.24) is 5.01 Å². The van der Waals surface area contributed by atoms with Crippen LogP contribution in [-0.4, -0.2) is 46.9 Å². The molecule has 9 heteroatoms. The number of carboxylic acid groups (broad SMARTS) is 1. The molecule has 0 aliphatic heterocycles. The molecule has 0 radical (unpaired) electrons. The molecule has 0 fully saturated rings. The van der Waals surface area contributed by atoms with Crippen molar-refractivity contribution in [3.8, 4) is 0 Å². The van der Waals surface area contributed by atoms with Crippen LogP contribution in [0.2, 0.25) is 0 Å². The summed E-state index contributed by atoms with van der Waals surface area (Å²) in [5.74, 6) is -1.83. The minimum absolute atomic E-state index is 0.0546. The van der Waals surface area contributed by atoms with Crippen LogP contribution in [0, 0.1) is 5.21 Å². The van der Waals surface area contributed by atoms with E-state index in [2.05, 4.69) is 10.1 Å².